The lowest BCUT2D eigenvalue weighted by molar-refractivity contribution is -0.137. The van der Waals surface area contributed by atoms with Gasteiger partial charge < -0.3 is 19.3 Å². The van der Waals surface area contributed by atoms with Crippen LogP contribution in [0.15, 0.2) is 60.7 Å². The molecule has 0 amide bonds. The Morgan fingerprint density at radius 2 is 1.30 bits per heavy atom. The average Bonchev–Trinajstić information content (AvgIpc) is 2.56. The Morgan fingerprint density at radius 3 is 1.61 bits per heavy atom. The van der Waals surface area contributed by atoms with Crippen molar-refractivity contribution in [3.63, 3.8) is 0 Å². The number of hydrogen-bond acceptors (Lipinski definition) is 4. The van der Waals surface area contributed by atoms with Gasteiger partial charge in [0.05, 0.1) is 5.56 Å². The second-order valence-corrected chi connectivity index (χ2v) is 4.01. The first-order valence-corrected chi connectivity index (χ1v) is 6.40. The summed E-state index contributed by atoms with van der Waals surface area (Å²) in [7, 11) is -1.03. The molecular formula is C13H13B2ClF3O4. The van der Waals surface area contributed by atoms with E-state index in [4.69, 9.17) is 26.9 Å². The van der Waals surface area contributed by atoms with Gasteiger partial charge in [0.25, 0.3) is 0 Å². The van der Waals surface area contributed by atoms with Crippen molar-refractivity contribution in [3.05, 3.63) is 66.2 Å². The lowest BCUT2D eigenvalue weighted by Gasteiger charge is -2.03. The Kier molecular flexibility index (Phi) is 11.2. The smallest absolute Gasteiger partial charge is 0.429 e. The Bertz CT molecular complexity index is 518. The van der Waals surface area contributed by atoms with E-state index in [-0.39, 0.29) is 7.69 Å². The average molecular weight is 347 g/mol. The summed E-state index contributed by atoms with van der Waals surface area (Å²) in [6.07, 6.45) is -4.21. The molecule has 0 fully saturated rings. The zero-order valence-electron chi connectivity index (χ0n) is 11.7. The summed E-state index contributed by atoms with van der Waals surface area (Å²) in [5.41, 5.74) is 0.0486. The van der Waals surface area contributed by atoms with Crippen molar-refractivity contribution < 1.29 is 32.5 Å². The van der Waals surface area contributed by atoms with E-state index in [0.717, 1.165) is 12.1 Å². The Hall–Kier alpha value is -1.51. The van der Waals surface area contributed by atoms with Crippen LogP contribution >= 0.6 is 11.9 Å². The number of benzene rings is 2. The maximum absolute atomic E-state index is 11.8. The van der Waals surface area contributed by atoms with Crippen molar-refractivity contribution >= 4 is 32.1 Å². The summed E-state index contributed by atoms with van der Waals surface area (Å²) >= 11 is 4.94. The summed E-state index contributed by atoms with van der Waals surface area (Å²) in [5, 5.41) is 23.0. The van der Waals surface area contributed by atoms with E-state index >= 15 is 0 Å². The fraction of sp³-hybridized carbons (Fsp3) is 0.0769. The van der Waals surface area contributed by atoms with Gasteiger partial charge in [-0.1, -0.05) is 60.7 Å². The molecule has 10 heteroatoms. The molecule has 0 aliphatic carbocycles. The topological polar surface area (TPSA) is 69.9 Å². The minimum absolute atomic E-state index is 0. The third-order valence-electron chi connectivity index (χ3n) is 2.27. The van der Waals surface area contributed by atoms with Crippen LogP contribution in [-0.4, -0.2) is 29.9 Å². The van der Waals surface area contributed by atoms with E-state index in [2.05, 4.69) is 4.21 Å². The molecule has 0 saturated heterocycles. The van der Waals surface area contributed by atoms with E-state index in [1.54, 1.807) is 30.3 Å². The van der Waals surface area contributed by atoms with E-state index in [1.165, 1.54) is 12.1 Å². The molecule has 0 saturated carbocycles. The van der Waals surface area contributed by atoms with Crippen molar-refractivity contribution in [1.29, 1.82) is 0 Å². The van der Waals surface area contributed by atoms with Crippen LogP contribution in [0.5, 0.6) is 0 Å². The lowest BCUT2D eigenvalue weighted by atomic mass is 9.81. The summed E-state index contributed by atoms with van der Waals surface area (Å²) in [6.45, 7) is 0. The molecular weight excluding hydrogens is 334 g/mol. The van der Waals surface area contributed by atoms with Crippen molar-refractivity contribution in [3.8, 4) is 0 Å². The quantitative estimate of drug-likeness (QED) is 0.724. The van der Waals surface area contributed by atoms with Gasteiger partial charge in [-0.15, -0.1) is 0 Å². The minimum atomic E-state index is -4.21. The molecule has 0 atom stereocenters. The predicted molar refractivity (Wildman–Crippen MR) is 82.6 cm³/mol. The lowest BCUT2D eigenvalue weighted by Crippen LogP contribution is -2.30. The minimum Gasteiger partial charge on any atom is -0.429 e. The maximum atomic E-state index is 11.8. The molecule has 0 aromatic heterocycles. The van der Waals surface area contributed by atoms with Gasteiger partial charge in [-0.25, -0.2) is 0 Å². The number of halogens is 4. The van der Waals surface area contributed by atoms with E-state index < -0.39 is 18.9 Å². The molecule has 3 N–H and O–H groups in total. The van der Waals surface area contributed by atoms with Gasteiger partial charge in [0.15, 0.2) is 0 Å². The van der Waals surface area contributed by atoms with Crippen LogP contribution < -0.4 is 5.46 Å². The third-order valence-corrected chi connectivity index (χ3v) is 2.44. The summed E-state index contributed by atoms with van der Waals surface area (Å²) in [5.74, 6) is 0. The first kappa shape index (κ1) is 21.5. The highest BCUT2D eigenvalue weighted by atomic mass is 35.5. The molecule has 2 rings (SSSR count). The molecule has 23 heavy (non-hydrogen) atoms. The third kappa shape index (κ3) is 9.98. The number of alkyl halides is 3. The van der Waals surface area contributed by atoms with Crippen molar-refractivity contribution in [2.45, 2.75) is 6.18 Å². The summed E-state index contributed by atoms with van der Waals surface area (Å²) in [6, 6.07) is 15.3. The van der Waals surface area contributed by atoms with Gasteiger partial charge in [-0.3, -0.25) is 0 Å². The maximum Gasteiger partial charge on any atom is 0.508 e. The van der Waals surface area contributed by atoms with Crippen molar-refractivity contribution in [2.75, 3.05) is 0 Å². The van der Waals surface area contributed by atoms with Gasteiger partial charge in [0.2, 0.25) is 0 Å². The first-order chi connectivity index (χ1) is 10.9. The Balaban J connectivity index is 0.000000360. The molecule has 0 aliphatic heterocycles. The zero-order valence-corrected chi connectivity index (χ0v) is 12.4. The zero-order chi connectivity index (χ0) is 17.7. The van der Waals surface area contributed by atoms with Crippen LogP contribution in [0.25, 0.3) is 0 Å². The van der Waals surface area contributed by atoms with Crippen molar-refractivity contribution in [2.24, 2.45) is 0 Å². The van der Waals surface area contributed by atoms with Crippen LogP contribution in [0.4, 0.5) is 13.2 Å². The largest absolute Gasteiger partial charge is 0.508 e. The molecule has 0 unspecified atom stereocenters. The fourth-order valence-corrected chi connectivity index (χ4v) is 1.40. The van der Waals surface area contributed by atoms with E-state index in [0.29, 0.717) is 5.46 Å². The first-order valence-electron chi connectivity index (χ1n) is 6.09. The molecule has 4 nitrogen and oxygen atoms in total. The molecule has 0 heterocycles. The van der Waals surface area contributed by atoms with Gasteiger partial charge in [-0.2, -0.15) is 13.2 Å². The second kappa shape index (κ2) is 12.0. The van der Waals surface area contributed by atoms with Crippen LogP contribution in [0.3, 0.4) is 0 Å². The molecule has 2 aromatic carbocycles. The monoisotopic (exact) mass is 347 g/mol. The fourth-order valence-electron chi connectivity index (χ4n) is 1.30. The molecule has 0 bridgehead atoms. The SMILES string of the molecule is FC(F)(F)c1ccccc1.OB(OCl)c1ccccc1.O[B]O. The van der Waals surface area contributed by atoms with Gasteiger partial charge in [-0.05, 0) is 5.46 Å². The highest BCUT2D eigenvalue weighted by Crippen LogP contribution is 2.28. The van der Waals surface area contributed by atoms with Crippen LogP contribution in [-0.2, 0) is 10.4 Å². The highest BCUT2D eigenvalue weighted by molar-refractivity contribution is 6.63. The predicted octanol–water partition coefficient (Wildman–Crippen LogP) is 1.76. The van der Waals surface area contributed by atoms with Crippen LogP contribution in [0.2, 0.25) is 0 Å². The van der Waals surface area contributed by atoms with Crippen LogP contribution in [0.1, 0.15) is 5.56 Å². The Morgan fingerprint density at radius 1 is 0.913 bits per heavy atom. The number of rotatable bonds is 2. The Labute approximate surface area is 137 Å². The van der Waals surface area contributed by atoms with Crippen molar-refractivity contribution in [1.82, 2.24) is 0 Å². The van der Waals surface area contributed by atoms with Gasteiger partial charge in [0, 0.05) is 11.9 Å². The standard InChI is InChI=1S/C7H5F3.C6H6BClO2.BH2O2/c8-7(9,10)6-4-2-1-3-5-6;8-10-7(9)6-4-2-1-3-5-6;2-1-3/h1-5H;1-5,9H;2-3H. The summed E-state index contributed by atoms with van der Waals surface area (Å²) < 4.78 is 39.5. The van der Waals surface area contributed by atoms with Gasteiger partial charge in [0.1, 0.15) is 0 Å². The van der Waals surface area contributed by atoms with E-state index in [9.17, 15) is 13.2 Å². The molecule has 0 spiro atoms. The second-order valence-electron chi connectivity index (χ2n) is 3.83. The molecule has 1 radical (unpaired) electrons. The highest BCUT2D eigenvalue weighted by Gasteiger charge is 2.29. The van der Waals surface area contributed by atoms with E-state index in [1.807, 2.05) is 6.07 Å². The molecule has 2 aromatic rings. The van der Waals surface area contributed by atoms with Gasteiger partial charge >= 0.3 is 21.0 Å². The number of hydrogen-bond donors (Lipinski definition) is 3. The van der Waals surface area contributed by atoms with Crippen LogP contribution in [0, 0.1) is 0 Å². The molecule has 0 aliphatic rings. The molecule has 123 valence electrons. The normalized spacial score (nSPS) is 9.70. The summed E-state index contributed by atoms with van der Waals surface area (Å²) in [4.78, 5) is 0.